The van der Waals surface area contributed by atoms with Gasteiger partial charge in [0.2, 0.25) is 0 Å². The van der Waals surface area contributed by atoms with Gasteiger partial charge in [-0.3, -0.25) is 5.10 Å². The van der Waals surface area contributed by atoms with E-state index in [1.54, 1.807) is 0 Å². The van der Waals surface area contributed by atoms with E-state index in [9.17, 15) is 0 Å². The third-order valence-electron chi connectivity index (χ3n) is 3.70. The highest BCUT2D eigenvalue weighted by Crippen LogP contribution is 2.25. The van der Waals surface area contributed by atoms with Crippen molar-refractivity contribution in [3.8, 4) is 0 Å². The van der Waals surface area contributed by atoms with Gasteiger partial charge >= 0.3 is 0 Å². The highest BCUT2D eigenvalue weighted by molar-refractivity contribution is 9.10. The van der Waals surface area contributed by atoms with Gasteiger partial charge in [0.15, 0.2) is 5.58 Å². The fraction of sp³-hybridized carbons (Fsp3) is 0.286. The maximum Gasteiger partial charge on any atom is 0.295 e. The second kappa shape index (κ2) is 4.63. The molecular formula is C14H13BrN4O. The number of H-pyrrole nitrogens is 1. The number of nitrogens with one attached hydrogen (secondary N) is 2. The first-order valence-electron chi connectivity index (χ1n) is 6.62. The summed E-state index contributed by atoms with van der Waals surface area (Å²) in [5.41, 5.74) is 4.20. The predicted molar refractivity (Wildman–Crippen MR) is 79.7 cm³/mol. The third kappa shape index (κ3) is 2.10. The zero-order valence-electron chi connectivity index (χ0n) is 10.7. The largest absolute Gasteiger partial charge is 0.424 e. The zero-order valence-corrected chi connectivity index (χ0v) is 12.3. The molecule has 2 N–H and O–H groups in total. The van der Waals surface area contributed by atoms with Crippen LogP contribution in [0.3, 0.4) is 0 Å². The van der Waals surface area contributed by atoms with E-state index in [0.29, 0.717) is 12.1 Å². The second-order valence-electron chi connectivity index (χ2n) is 5.09. The number of aryl methyl sites for hydroxylation is 1. The molecule has 3 aromatic rings. The van der Waals surface area contributed by atoms with Gasteiger partial charge in [-0.1, -0.05) is 15.9 Å². The van der Waals surface area contributed by atoms with Crippen molar-refractivity contribution < 1.29 is 4.42 Å². The predicted octanol–water partition coefficient (Wildman–Crippen LogP) is 3.28. The topological polar surface area (TPSA) is 66.7 Å². The molecule has 0 saturated carbocycles. The van der Waals surface area contributed by atoms with Crippen LogP contribution in [-0.4, -0.2) is 21.2 Å². The summed E-state index contributed by atoms with van der Waals surface area (Å²) in [7, 11) is 0. The molecule has 5 nitrogen and oxygen atoms in total. The molecule has 102 valence electrons. The Morgan fingerprint density at radius 2 is 2.35 bits per heavy atom. The summed E-state index contributed by atoms with van der Waals surface area (Å²) in [5, 5.41) is 10.5. The molecule has 0 saturated heterocycles. The van der Waals surface area contributed by atoms with Gasteiger partial charge in [-0.25, -0.2) is 0 Å². The minimum Gasteiger partial charge on any atom is -0.424 e. The van der Waals surface area contributed by atoms with Gasteiger partial charge in [0.1, 0.15) is 5.52 Å². The van der Waals surface area contributed by atoms with Crippen molar-refractivity contribution in [2.45, 2.75) is 25.3 Å². The van der Waals surface area contributed by atoms with Gasteiger partial charge in [-0.15, -0.1) is 0 Å². The summed E-state index contributed by atoms with van der Waals surface area (Å²) in [4.78, 5) is 4.48. The Morgan fingerprint density at radius 1 is 1.40 bits per heavy atom. The highest BCUT2D eigenvalue weighted by Gasteiger charge is 2.21. The van der Waals surface area contributed by atoms with E-state index in [-0.39, 0.29) is 0 Å². The number of anilines is 1. The van der Waals surface area contributed by atoms with Crippen molar-refractivity contribution in [1.29, 1.82) is 0 Å². The molecule has 1 unspecified atom stereocenters. The van der Waals surface area contributed by atoms with Crippen LogP contribution in [0.15, 0.2) is 33.3 Å². The van der Waals surface area contributed by atoms with Crippen LogP contribution in [0.2, 0.25) is 0 Å². The van der Waals surface area contributed by atoms with Crippen LogP contribution >= 0.6 is 15.9 Å². The smallest absolute Gasteiger partial charge is 0.295 e. The highest BCUT2D eigenvalue weighted by atomic mass is 79.9. The van der Waals surface area contributed by atoms with Gasteiger partial charge in [-0.05, 0) is 36.6 Å². The number of aromatic amines is 1. The van der Waals surface area contributed by atoms with Crippen LogP contribution < -0.4 is 5.32 Å². The summed E-state index contributed by atoms with van der Waals surface area (Å²) in [6.45, 7) is 0. The molecule has 1 atom stereocenters. The van der Waals surface area contributed by atoms with Gasteiger partial charge in [-0.2, -0.15) is 10.1 Å². The lowest BCUT2D eigenvalue weighted by molar-refractivity contribution is 0.554. The van der Waals surface area contributed by atoms with E-state index in [1.807, 2.05) is 24.4 Å². The molecule has 6 heteroatoms. The fourth-order valence-corrected chi connectivity index (χ4v) is 3.02. The quantitative estimate of drug-likeness (QED) is 0.755. The monoisotopic (exact) mass is 332 g/mol. The Labute approximate surface area is 123 Å². The average molecular weight is 333 g/mol. The van der Waals surface area contributed by atoms with Crippen molar-refractivity contribution >= 4 is 33.0 Å². The maximum atomic E-state index is 5.73. The van der Waals surface area contributed by atoms with Crippen molar-refractivity contribution in [2.24, 2.45) is 0 Å². The van der Waals surface area contributed by atoms with E-state index in [4.69, 9.17) is 4.42 Å². The molecule has 0 bridgehead atoms. The average Bonchev–Trinajstić information content (AvgIpc) is 3.03. The lowest BCUT2D eigenvalue weighted by Crippen LogP contribution is -2.27. The maximum absolute atomic E-state index is 5.73. The standard InChI is InChI=1S/C14H13BrN4O/c15-9-2-4-13-12(5-9)18-14(20-13)17-10-3-1-8-7-16-19-11(8)6-10/h2,4-5,7,10H,1,3,6H2,(H,16,19)(H,17,18). The Kier molecular flexibility index (Phi) is 2.77. The summed E-state index contributed by atoms with van der Waals surface area (Å²) in [6, 6.07) is 6.75. The number of halogens is 1. The Bertz CT molecular complexity index is 763. The van der Waals surface area contributed by atoms with Crippen molar-refractivity contribution in [3.63, 3.8) is 0 Å². The second-order valence-corrected chi connectivity index (χ2v) is 6.00. The van der Waals surface area contributed by atoms with Gasteiger partial charge < -0.3 is 9.73 Å². The normalized spacial score (nSPS) is 18.1. The lowest BCUT2D eigenvalue weighted by atomic mass is 9.94. The minimum atomic E-state index is 0.333. The fourth-order valence-electron chi connectivity index (χ4n) is 2.67. The van der Waals surface area contributed by atoms with Gasteiger partial charge in [0.25, 0.3) is 6.01 Å². The molecule has 1 aliphatic carbocycles. The van der Waals surface area contributed by atoms with Crippen LogP contribution in [0.25, 0.3) is 11.1 Å². The number of nitrogens with zero attached hydrogens (tertiary/aromatic N) is 2. The Balaban J connectivity index is 1.56. The summed E-state index contributed by atoms with van der Waals surface area (Å²) >= 11 is 3.44. The van der Waals surface area contributed by atoms with E-state index in [1.165, 1.54) is 11.3 Å². The number of hydrogen-bond acceptors (Lipinski definition) is 4. The van der Waals surface area contributed by atoms with E-state index in [0.717, 1.165) is 34.8 Å². The van der Waals surface area contributed by atoms with Crippen molar-refractivity contribution in [1.82, 2.24) is 15.2 Å². The van der Waals surface area contributed by atoms with Crippen LogP contribution in [0.5, 0.6) is 0 Å². The molecule has 0 aliphatic heterocycles. The molecular weight excluding hydrogens is 320 g/mol. The van der Waals surface area contributed by atoms with E-state index < -0.39 is 0 Å². The number of fused-ring (bicyclic) bond motifs is 2. The molecule has 4 rings (SSSR count). The van der Waals surface area contributed by atoms with E-state index >= 15 is 0 Å². The zero-order chi connectivity index (χ0) is 13.5. The number of oxazole rings is 1. The first-order chi connectivity index (χ1) is 9.78. The van der Waals surface area contributed by atoms with Crippen molar-refractivity contribution in [3.05, 3.63) is 40.1 Å². The minimum absolute atomic E-state index is 0.333. The Morgan fingerprint density at radius 3 is 3.30 bits per heavy atom. The molecule has 0 spiro atoms. The molecule has 2 heterocycles. The lowest BCUT2D eigenvalue weighted by Gasteiger charge is -2.21. The molecule has 20 heavy (non-hydrogen) atoms. The number of aromatic nitrogens is 3. The van der Waals surface area contributed by atoms with E-state index in [2.05, 4.69) is 36.4 Å². The Hall–Kier alpha value is -1.82. The first kappa shape index (κ1) is 12.0. The summed E-state index contributed by atoms with van der Waals surface area (Å²) in [5.74, 6) is 0. The molecule has 1 aliphatic rings. The number of hydrogen-bond donors (Lipinski definition) is 2. The molecule has 0 amide bonds. The van der Waals surface area contributed by atoms with Crippen LogP contribution in [0.4, 0.5) is 6.01 Å². The SMILES string of the molecule is Brc1ccc2oc(NC3CCc4cn[nH]c4C3)nc2c1. The molecule has 2 aromatic heterocycles. The first-order valence-corrected chi connectivity index (χ1v) is 7.41. The molecule has 1 aromatic carbocycles. The molecule has 0 radical (unpaired) electrons. The van der Waals surface area contributed by atoms with Gasteiger partial charge in [0, 0.05) is 22.6 Å². The molecule has 0 fully saturated rings. The third-order valence-corrected chi connectivity index (χ3v) is 4.19. The summed E-state index contributed by atoms with van der Waals surface area (Å²) in [6.07, 6.45) is 4.95. The van der Waals surface area contributed by atoms with Crippen molar-refractivity contribution in [2.75, 3.05) is 5.32 Å². The summed E-state index contributed by atoms with van der Waals surface area (Å²) < 4.78 is 6.73. The van der Waals surface area contributed by atoms with Crippen LogP contribution in [-0.2, 0) is 12.8 Å². The number of rotatable bonds is 2. The number of benzene rings is 1. The van der Waals surface area contributed by atoms with Crippen LogP contribution in [0.1, 0.15) is 17.7 Å². The van der Waals surface area contributed by atoms with Gasteiger partial charge in [0.05, 0.1) is 6.20 Å². The van der Waals surface area contributed by atoms with Crippen LogP contribution in [0, 0.1) is 0 Å².